The third-order valence-electron chi connectivity index (χ3n) is 3.31. The molecule has 6 heteroatoms. The van der Waals surface area contributed by atoms with E-state index >= 15 is 0 Å². The van der Waals surface area contributed by atoms with Crippen LogP contribution in [0, 0.1) is 4.77 Å². The van der Waals surface area contributed by atoms with Crippen molar-refractivity contribution in [1.82, 2.24) is 14.9 Å². The molecule has 110 valence electrons. The van der Waals surface area contributed by atoms with E-state index in [-0.39, 0.29) is 6.61 Å². The Bertz CT molecular complexity index is 604. The summed E-state index contributed by atoms with van der Waals surface area (Å²) in [5, 5.41) is 10.0. The number of aliphatic hydroxyl groups is 1. The number of ether oxygens (including phenoxy) is 1. The van der Waals surface area contributed by atoms with Gasteiger partial charge in [-0.3, -0.25) is 0 Å². The minimum atomic E-state index is -0.507. The first kappa shape index (κ1) is 15.0. The molecule has 1 aromatic carbocycles. The van der Waals surface area contributed by atoms with E-state index < -0.39 is 6.10 Å². The molecular weight excluding hydrogens is 274 g/mol. The lowest BCUT2D eigenvalue weighted by Gasteiger charge is -2.22. The smallest absolute Gasteiger partial charge is 0.175 e. The summed E-state index contributed by atoms with van der Waals surface area (Å²) >= 11 is 5.07. The number of hydrogen-bond acceptors (Lipinski definition) is 4. The molecule has 2 rings (SSSR count). The van der Waals surface area contributed by atoms with Crippen LogP contribution in [0.15, 0.2) is 18.2 Å². The predicted octanol–water partition coefficient (Wildman–Crippen LogP) is 2.31. The molecule has 0 aliphatic heterocycles. The van der Waals surface area contributed by atoms with Gasteiger partial charge in [0.1, 0.15) is 24.0 Å². The Morgan fingerprint density at radius 1 is 1.30 bits per heavy atom. The second-order valence-corrected chi connectivity index (χ2v) is 5.12. The van der Waals surface area contributed by atoms with Gasteiger partial charge >= 0.3 is 0 Å². The topological polar surface area (TPSA) is 64.3 Å². The molecule has 0 radical (unpaired) electrons. The SMILES string of the molecule is CCN(CC)CC(O)COc1cccc2[nH]c(=S)[nH]c12. The Hall–Kier alpha value is -1.37. The highest BCUT2D eigenvalue weighted by Gasteiger charge is 2.11. The Morgan fingerprint density at radius 2 is 2.05 bits per heavy atom. The third kappa shape index (κ3) is 3.59. The second kappa shape index (κ2) is 6.88. The van der Waals surface area contributed by atoms with Crippen LogP contribution < -0.4 is 4.74 Å². The van der Waals surface area contributed by atoms with Crippen molar-refractivity contribution in [2.45, 2.75) is 20.0 Å². The maximum atomic E-state index is 10.0. The van der Waals surface area contributed by atoms with Crippen LogP contribution in [0.25, 0.3) is 11.0 Å². The molecule has 0 saturated heterocycles. The van der Waals surface area contributed by atoms with E-state index in [2.05, 4.69) is 28.7 Å². The zero-order valence-corrected chi connectivity index (χ0v) is 12.7. The number of aromatic amines is 2. The number of hydrogen-bond donors (Lipinski definition) is 3. The summed E-state index contributed by atoms with van der Waals surface area (Å²) < 4.78 is 6.28. The highest BCUT2D eigenvalue weighted by Crippen LogP contribution is 2.22. The van der Waals surface area contributed by atoms with Crippen LogP contribution in [-0.4, -0.2) is 52.3 Å². The van der Waals surface area contributed by atoms with E-state index in [0.29, 0.717) is 17.1 Å². The quantitative estimate of drug-likeness (QED) is 0.686. The van der Waals surface area contributed by atoms with Crippen molar-refractivity contribution in [1.29, 1.82) is 0 Å². The van der Waals surface area contributed by atoms with E-state index in [9.17, 15) is 5.11 Å². The Balaban J connectivity index is 2.00. The van der Waals surface area contributed by atoms with Crippen molar-refractivity contribution in [2.24, 2.45) is 0 Å². The van der Waals surface area contributed by atoms with Crippen molar-refractivity contribution in [2.75, 3.05) is 26.2 Å². The lowest BCUT2D eigenvalue weighted by Crippen LogP contribution is -2.35. The number of nitrogens with zero attached hydrogens (tertiary/aromatic N) is 1. The van der Waals surface area contributed by atoms with Gasteiger partial charge in [0.15, 0.2) is 4.77 Å². The number of imidazole rings is 1. The fraction of sp³-hybridized carbons (Fsp3) is 0.500. The van der Waals surface area contributed by atoms with Crippen LogP contribution in [0.4, 0.5) is 0 Å². The van der Waals surface area contributed by atoms with E-state index in [1.54, 1.807) is 0 Å². The van der Waals surface area contributed by atoms with Gasteiger partial charge < -0.3 is 24.7 Å². The highest BCUT2D eigenvalue weighted by atomic mass is 32.1. The first-order chi connectivity index (χ1) is 9.63. The summed E-state index contributed by atoms with van der Waals surface area (Å²) in [4.78, 5) is 8.27. The molecule has 1 aromatic heterocycles. The zero-order chi connectivity index (χ0) is 14.5. The molecule has 3 N–H and O–H groups in total. The molecule has 1 heterocycles. The van der Waals surface area contributed by atoms with E-state index in [1.807, 2.05) is 18.2 Å². The number of likely N-dealkylation sites (N-methyl/N-ethyl adjacent to an activating group) is 1. The molecule has 0 amide bonds. The predicted molar refractivity (Wildman–Crippen MR) is 82.8 cm³/mol. The summed E-state index contributed by atoms with van der Waals surface area (Å²) in [5.41, 5.74) is 1.75. The standard InChI is InChI=1S/C14H21N3O2S/c1-3-17(4-2)8-10(18)9-19-12-7-5-6-11-13(12)16-14(20)15-11/h5-7,10,18H,3-4,8-9H2,1-2H3,(H2,15,16,20). The molecule has 1 unspecified atom stereocenters. The fourth-order valence-corrected chi connectivity index (χ4v) is 2.38. The van der Waals surface area contributed by atoms with Gasteiger partial charge in [0.05, 0.1) is 5.52 Å². The Kier molecular flexibility index (Phi) is 5.17. The molecule has 0 spiro atoms. The average molecular weight is 295 g/mol. The van der Waals surface area contributed by atoms with Crippen molar-refractivity contribution in [3.05, 3.63) is 23.0 Å². The third-order valence-corrected chi connectivity index (χ3v) is 3.51. The molecule has 0 saturated carbocycles. The van der Waals surface area contributed by atoms with Gasteiger partial charge in [-0.25, -0.2) is 0 Å². The molecule has 1 atom stereocenters. The molecule has 0 fully saturated rings. The van der Waals surface area contributed by atoms with Crippen LogP contribution in [0.2, 0.25) is 0 Å². The summed E-state index contributed by atoms with van der Waals surface area (Å²) in [6.07, 6.45) is -0.507. The minimum Gasteiger partial charge on any atom is -0.489 e. The minimum absolute atomic E-state index is 0.265. The average Bonchev–Trinajstić information content (AvgIpc) is 2.83. The van der Waals surface area contributed by atoms with Crippen LogP contribution in [0.3, 0.4) is 0 Å². The molecular formula is C14H21N3O2S. The van der Waals surface area contributed by atoms with Gasteiger partial charge in [-0.1, -0.05) is 19.9 Å². The fourth-order valence-electron chi connectivity index (χ4n) is 2.17. The highest BCUT2D eigenvalue weighted by molar-refractivity contribution is 7.71. The normalized spacial score (nSPS) is 13.0. The first-order valence-corrected chi connectivity index (χ1v) is 7.29. The van der Waals surface area contributed by atoms with Crippen molar-refractivity contribution >= 4 is 23.3 Å². The molecule has 0 aliphatic rings. The van der Waals surface area contributed by atoms with Gasteiger partial charge in [0, 0.05) is 6.54 Å². The number of para-hydroxylation sites is 1. The Morgan fingerprint density at radius 3 is 2.75 bits per heavy atom. The summed E-state index contributed by atoms with van der Waals surface area (Å²) in [7, 11) is 0. The summed E-state index contributed by atoms with van der Waals surface area (Å²) in [6, 6.07) is 5.69. The maximum absolute atomic E-state index is 10.0. The maximum Gasteiger partial charge on any atom is 0.175 e. The van der Waals surface area contributed by atoms with E-state index in [1.165, 1.54) is 0 Å². The van der Waals surface area contributed by atoms with Gasteiger partial charge in [-0.15, -0.1) is 0 Å². The van der Waals surface area contributed by atoms with Gasteiger partial charge in [0.25, 0.3) is 0 Å². The molecule has 0 bridgehead atoms. The summed E-state index contributed by atoms with van der Waals surface area (Å²) in [5.74, 6) is 0.702. The van der Waals surface area contributed by atoms with Crippen LogP contribution >= 0.6 is 12.2 Å². The van der Waals surface area contributed by atoms with Crippen LogP contribution in [-0.2, 0) is 0 Å². The number of H-pyrrole nitrogens is 2. The van der Waals surface area contributed by atoms with Crippen LogP contribution in [0.1, 0.15) is 13.8 Å². The number of nitrogens with one attached hydrogen (secondary N) is 2. The van der Waals surface area contributed by atoms with Crippen LogP contribution in [0.5, 0.6) is 5.75 Å². The number of fused-ring (bicyclic) bond motifs is 1. The molecule has 20 heavy (non-hydrogen) atoms. The van der Waals surface area contributed by atoms with E-state index in [0.717, 1.165) is 24.1 Å². The second-order valence-electron chi connectivity index (χ2n) is 4.71. The molecule has 0 aliphatic carbocycles. The van der Waals surface area contributed by atoms with E-state index in [4.69, 9.17) is 17.0 Å². The Labute approximate surface area is 123 Å². The monoisotopic (exact) mass is 295 g/mol. The molecule has 2 aromatic rings. The summed E-state index contributed by atoms with van der Waals surface area (Å²) in [6.45, 7) is 6.89. The number of aromatic nitrogens is 2. The number of aliphatic hydroxyl groups excluding tert-OH is 1. The largest absolute Gasteiger partial charge is 0.489 e. The van der Waals surface area contributed by atoms with Crippen molar-refractivity contribution < 1.29 is 9.84 Å². The van der Waals surface area contributed by atoms with Crippen molar-refractivity contribution in [3.63, 3.8) is 0 Å². The van der Waals surface area contributed by atoms with Gasteiger partial charge in [-0.2, -0.15) is 0 Å². The molecule has 5 nitrogen and oxygen atoms in total. The van der Waals surface area contributed by atoms with Gasteiger partial charge in [0.2, 0.25) is 0 Å². The van der Waals surface area contributed by atoms with Crippen molar-refractivity contribution in [3.8, 4) is 5.75 Å². The first-order valence-electron chi connectivity index (χ1n) is 6.88. The lowest BCUT2D eigenvalue weighted by molar-refractivity contribution is 0.0721. The lowest BCUT2D eigenvalue weighted by atomic mass is 10.3. The zero-order valence-electron chi connectivity index (χ0n) is 11.8. The number of rotatable bonds is 7. The van der Waals surface area contributed by atoms with Gasteiger partial charge in [-0.05, 0) is 37.4 Å². The number of benzene rings is 1.